The van der Waals surface area contributed by atoms with Gasteiger partial charge in [0.2, 0.25) is 5.89 Å². The van der Waals surface area contributed by atoms with Gasteiger partial charge in [0.05, 0.1) is 12.2 Å². The van der Waals surface area contributed by atoms with Crippen molar-refractivity contribution in [1.82, 2.24) is 15.3 Å². The molecular weight excluding hydrogens is 292 g/mol. The minimum absolute atomic E-state index is 0.226. The Morgan fingerprint density at radius 1 is 1.33 bits per heavy atom. The summed E-state index contributed by atoms with van der Waals surface area (Å²) in [5.74, 6) is 1.54. The molecule has 2 N–H and O–H groups in total. The topological polar surface area (TPSA) is 80.0 Å². The first-order chi connectivity index (χ1) is 9.99. The minimum atomic E-state index is -0.257. The van der Waals surface area contributed by atoms with Gasteiger partial charge in [0.1, 0.15) is 16.7 Å². The van der Waals surface area contributed by atoms with Crippen molar-refractivity contribution < 1.29 is 9.21 Å². The molecule has 2 rings (SSSR count). The lowest BCUT2D eigenvalue weighted by Crippen LogP contribution is -2.23. The number of rotatable bonds is 5. The van der Waals surface area contributed by atoms with Gasteiger partial charge in [-0.15, -0.1) is 0 Å². The molecule has 7 heteroatoms. The number of nitrogens with zero attached hydrogens (tertiary/aromatic N) is 2. The SMILES string of the molecule is CCNc1cc(C(=O)NCc2nc(C)c(C)o2)cc(Cl)n1. The van der Waals surface area contributed by atoms with Crippen LogP contribution in [0.1, 0.15) is 34.6 Å². The zero-order chi connectivity index (χ0) is 15.4. The van der Waals surface area contributed by atoms with Crippen LogP contribution in [0.15, 0.2) is 16.5 Å². The molecule has 0 saturated heterocycles. The van der Waals surface area contributed by atoms with Gasteiger partial charge < -0.3 is 15.1 Å². The Morgan fingerprint density at radius 3 is 2.71 bits per heavy atom. The maximum absolute atomic E-state index is 12.1. The standard InChI is InChI=1S/C14H17ClN4O2/c1-4-16-12-6-10(5-11(15)19-12)14(20)17-7-13-18-8(2)9(3)21-13/h5-6H,4,7H2,1-3H3,(H,16,19)(H,17,20). The Labute approximate surface area is 127 Å². The number of aromatic nitrogens is 2. The van der Waals surface area contributed by atoms with Crippen LogP contribution in [0.25, 0.3) is 0 Å². The molecule has 2 heterocycles. The largest absolute Gasteiger partial charge is 0.444 e. The van der Waals surface area contributed by atoms with E-state index in [2.05, 4.69) is 20.6 Å². The summed E-state index contributed by atoms with van der Waals surface area (Å²) in [5, 5.41) is 6.03. The van der Waals surface area contributed by atoms with Gasteiger partial charge in [-0.2, -0.15) is 0 Å². The number of anilines is 1. The van der Waals surface area contributed by atoms with E-state index >= 15 is 0 Å². The zero-order valence-electron chi connectivity index (χ0n) is 12.2. The first-order valence-electron chi connectivity index (χ1n) is 6.62. The number of carbonyl (C=O) groups excluding carboxylic acids is 1. The minimum Gasteiger partial charge on any atom is -0.444 e. The lowest BCUT2D eigenvalue weighted by Gasteiger charge is -2.07. The van der Waals surface area contributed by atoms with Crippen molar-refractivity contribution in [2.75, 3.05) is 11.9 Å². The summed E-state index contributed by atoms with van der Waals surface area (Å²) >= 11 is 5.91. The molecular formula is C14H17ClN4O2. The van der Waals surface area contributed by atoms with Crippen molar-refractivity contribution in [2.45, 2.75) is 27.3 Å². The smallest absolute Gasteiger partial charge is 0.251 e. The zero-order valence-corrected chi connectivity index (χ0v) is 12.9. The molecule has 0 aliphatic heterocycles. The molecule has 0 aliphatic rings. The van der Waals surface area contributed by atoms with E-state index in [1.54, 1.807) is 6.07 Å². The van der Waals surface area contributed by atoms with E-state index < -0.39 is 0 Å². The van der Waals surface area contributed by atoms with Crippen molar-refractivity contribution in [3.05, 3.63) is 40.2 Å². The number of pyridine rings is 1. The second kappa shape index (κ2) is 6.58. The molecule has 0 unspecified atom stereocenters. The summed E-state index contributed by atoms with van der Waals surface area (Å²) in [4.78, 5) is 20.4. The van der Waals surface area contributed by atoms with Crippen LogP contribution in [0.5, 0.6) is 0 Å². The van der Waals surface area contributed by atoms with Crippen molar-refractivity contribution in [2.24, 2.45) is 0 Å². The number of oxazole rings is 1. The van der Waals surface area contributed by atoms with E-state index in [9.17, 15) is 4.79 Å². The molecule has 0 aliphatic carbocycles. The third-order valence-electron chi connectivity index (χ3n) is 2.89. The molecule has 2 aromatic heterocycles. The molecule has 112 valence electrons. The molecule has 0 aromatic carbocycles. The lowest BCUT2D eigenvalue weighted by molar-refractivity contribution is 0.0947. The second-order valence-electron chi connectivity index (χ2n) is 4.53. The van der Waals surface area contributed by atoms with Gasteiger partial charge in [0.25, 0.3) is 5.91 Å². The molecule has 0 fully saturated rings. The number of nitrogens with one attached hydrogen (secondary N) is 2. The van der Waals surface area contributed by atoms with Crippen molar-refractivity contribution in [3.8, 4) is 0 Å². The Kier molecular flexibility index (Phi) is 4.80. The molecule has 0 atom stereocenters. The number of hydrogen-bond donors (Lipinski definition) is 2. The molecule has 0 bridgehead atoms. The van der Waals surface area contributed by atoms with Gasteiger partial charge in [-0.05, 0) is 32.9 Å². The van der Waals surface area contributed by atoms with Gasteiger partial charge in [0.15, 0.2) is 0 Å². The summed E-state index contributed by atoms with van der Waals surface area (Å²) in [6, 6.07) is 3.17. The van der Waals surface area contributed by atoms with Crippen LogP contribution in [0.2, 0.25) is 5.15 Å². The average molecular weight is 309 g/mol. The van der Waals surface area contributed by atoms with E-state index in [0.29, 0.717) is 23.8 Å². The summed E-state index contributed by atoms with van der Waals surface area (Å²) in [6.45, 7) is 6.55. The summed E-state index contributed by atoms with van der Waals surface area (Å²) in [6.07, 6.45) is 0. The molecule has 1 amide bonds. The highest BCUT2D eigenvalue weighted by Crippen LogP contribution is 2.15. The third kappa shape index (κ3) is 3.95. The summed E-state index contributed by atoms with van der Waals surface area (Å²) in [5.41, 5.74) is 1.26. The Bertz CT molecular complexity index is 635. The fourth-order valence-electron chi connectivity index (χ4n) is 1.77. The van der Waals surface area contributed by atoms with Crippen LogP contribution in [-0.2, 0) is 6.54 Å². The highest BCUT2D eigenvalue weighted by Gasteiger charge is 2.11. The van der Waals surface area contributed by atoms with E-state index in [1.165, 1.54) is 6.07 Å². The highest BCUT2D eigenvalue weighted by atomic mass is 35.5. The molecule has 6 nitrogen and oxygen atoms in total. The number of halogens is 1. The van der Waals surface area contributed by atoms with Crippen LogP contribution < -0.4 is 10.6 Å². The monoisotopic (exact) mass is 308 g/mol. The Hall–Kier alpha value is -2.08. The molecule has 21 heavy (non-hydrogen) atoms. The van der Waals surface area contributed by atoms with Crippen LogP contribution >= 0.6 is 11.6 Å². The van der Waals surface area contributed by atoms with Crippen molar-refractivity contribution in [3.63, 3.8) is 0 Å². The van der Waals surface area contributed by atoms with E-state index in [-0.39, 0.29) is 17.6 Å². The fraction of sp³-hybridized carbons (Fsp3) is 0.357. The quantitative estimate of drug-likeness (QED) is 0.830. The maximum atomic E-state index is 12.1. The first-order valence-corrected chi connectivity index (χ1v) is 7.00. The number of amides is 1. The van der Waals surface area contributed by atoms with Crippen molar-refractivity contribution >= 4 is 23.3 Å². The van der Waals surface area contributed by atoms with Crippen LogP contribution in [0.4, 0.5) is 5.82 Å². The molecule has 0 radical (unpaired) electrons. The second-order valence-corrected chi connectivity index (χ2v) is 4.91. The highest BCUT2D eigenvalue weighted by molar-refractivity contribution is 6.29. The first kappa shape index (κ1) is 15.3. The predicted octanol–water partition coefficient (Wildman–Crippen LogP) is 2.70. The normalized spacial score (nSPS) is 10.5. The number of aryl methyl sites for hydroxylation is 2. The van der Waals surface area contributed by atoms with Gasteiger partial charge in [-0.25, -0.2) is 9.97 Å². The fourth-order valence-corrected chi connectivity index (χ4v) is 1.98. The van der Waals surface area contributed by atoms with Gasteiger partial charge in [-0.1, -0.05) is 11.6 Å². The van der Waals surface area contributed by atoms with E-state index in [0.717, 1.165) is 11.5 Å². The van der Waals surface area contributed by atoms with Crippen molar-refractivity contribution in [1.29, 1.82) is 0 Å². The van der Waals surface area contributed by atoms with E-state index in [1.807, 2.05) is 20.8 Å². The average Bonchev–Trinajstić information content (AvgIpc) is 2.75. The summed E-state index contributed by atoms with van der Waals surface area (Å²) in [7, 11) is 0. The third-order valence-corrected chi connectivity index (χ3v) is 3.08. The Morgan fingerprint density at radius 2 is 2.10 bits per heavy atom. The number of hydrogen-bond acceptors (Lipinski definition) is 5. The van der Waals surface area contributed by atoms with Crippen LogP contribution in [0, 0.1) is 13.8 Å². The molecule has 0 saturated carbocycles. The lowest BCUT2D eigenvalue weighted by atomic mass is 10.2. The Balaban J connectivity index is 2.06. The predicted molar refractivity (Wildman–Crippen MR) is 80.6 cm³/mol. The maximum Gasteiger partial charge on any atom is 0.251 e. The summed E-state index contributed by atoms with van der Waals surface area (Å²) < 4.78 is 5.41. The van der Waals surface area contributed by atoms with Gasteiger partial charge in [0, 0.05) is 12.1 Å². The number of carbonyl (C=O) groups is 1. The van der Waals surface area contributed by atoms with Crippen LogP contribution in [0.3, 0.4) is 0 Å². The van der Waals surface area contributed by atoms with Gasteiger partial charge >= 0.3 is 0 Å². The van der Waals surface area contributed by atoms with E-state index in [4.69, 9.17) is 16.0 Å². The van der Waals surface area contributed by atoms with Gasteiger partial charge in [-0.3, -0.25) is 4.79 Å². The molecule has 0 spiro atoms. The molecule has 2 aromatic rings. The van der Waals surface area contributed by atoms with Crippen LogP contribution in [-0.4, -0.2) is 22.4 Å².